The van der Waals surface area contributed by atoms with E-state index < -0.39 is 5.75 Å². The molecule has 1 aliphatic rings. The first-order valence-corrected chi connectivity index (χ1v) is 6.14. The molecule has 0 aromatic heterocycles. The summed E-state index contributed by atoms with van der Waals surface area (Å²) in [7, 11) is 0. The van der Waals surface area contributed by atoms with Crippen LogP contribution in [0.4, 0.5) is 0 Å². The van der Waals surface area contributed by atoms with Crippen molar-refractivity contribution in [3.05, 3.63) is 23.8 Å². The molecule has 1 amide bonds. The number of ether oxygens (including phenoxy) is 1. The zero-order valence-corrected chi connectivity index (χ0v) is 10.4. The molecule has 18 heavy (non-hydrogen) atoms. The fourth-order valence-corrected chi connectivity index (χ4v) is 2.06. The van der Waals surface area contributed by atoms with Gasteiger partial charge < -0.3 is 19.8 Å². The zero-order chi connectivity index (χ0) is 13.1. The van der Waals surface area contributed by atoms with Crippen molar-refractivity contribution >= 4 is 17.5 Å². The highest BCUT2D eigenvalue weighted by molar-refractivity contribution is 6.18. The minimum absolute atomic E-state index is 0.0882. The van der Waals surface area contributed by atoms with E-state index in [4.69, 9.17) is 16.3 Å². The largest absolute Gasteiger partial charge is 0.504 e. The summed E-state index contributed by atoms with van der Waals surface area (Å²) in [6.07, 6.45) is -0.191. The van der Waals surface area contributed by atoms with Gasteiger partial charge in [0.1, 0.15) is 0 Å². The number of carbonyl (C=O) groups is 1. The highest BCUT2D eigenvalue weighted by Crippen LogP contribution is 2.29. The molecule has 2 rings (SSSR count). The summed E-state index contributed by atoms with van der Waals surface area (Å²) >= 11 is 5.70. The van der Waals surface area contributed by atoms with E-state index in [1.807, 2.05) is 0 Å². The number of morpholine rings is 1. The van der Waals surface area contributed by atoms with Gasteiger partial charge in [0, 0.05) is 13.1 Å². The quantitative estimate of drug-likeness (QED) is 0.626. The van der Waals surface area contributed by atoms with Crippen LogP contribution in [0.25, 0.3) is 0 Å². The van der Waals surface area contributed by atoms with E-state index in [1.165, 1.54) is 18.2 Å². The first kappa shape index (κ1) is 13.0. The molecule has 5 nitrogen and oxygen atoms in total. The van der Waals surface area contributed by atoms with Gasteiger partial charge in [0.05, 0.1) is 24.2 Å². The maximum Gasteiger partial charge on any atom is 0.257 e. The molecular weight excluding hydrogens is 258 g/mol. The highest BCUT2D eigenvalue weighted by atomic mass is 35.5. The molecule has 1 aromatic carbocycles. The first-order chi connectivity index (χ1) is 8.63. The number of amides is 1. The van der Waals surface area contributed by atoms with Crippen molar-refractivity contribution in [1.82, 2.24) is 4.90 Å². The molecule has 0 saturated carbocycles. The van der Waals surface area contributed by atoms with Gasteiger partial charge in [-0.05, 0) is 12.1 Å². The number of para-hydroxylation sites is 1. The van der Waals surface area contributed by atoms with Crippen LogP contribution in [0.5, 0.6) is 11.5 Å². The third-order valence-corrected chi connectivity index (χ3v) is 3.19. The van der Waals surface area contributed by atoms with Crippen molar-refractivity contribution in [2.24, 2.45) is 0 Å². The number of aromatic hydroxyl groups is 2. The molecule has 0 radical (unpaired) electrons. The fraction of sp³-hybridized carbons (Fsp3) is 0.417. The zero-order valence-electron chi connectivity index (χ0n) is 9.67. The van der Waals surface area contributed by atoms with E-state index in [0.717, 1.165) is 0 Å². The van der Waals surface area contributed by atoms with Crippen LogP contribution >= 0.6 is 11.6 Å². The Kier molecular flexibility index (Phi) is 3.93. The van der Waals surface area contributed by atoms with Crippen LogP contribution in [-0.2, 0) is 4.74 Å². The Morgan fingerprint density at radius 3 is 3.00 bits per heavy atom. The third kappa shape index (κ3) is 2.52. The van der Waals surface area contributed by atoms with Crippen molar-refractivity contribution in [3.8, 4) is 11.5 Å². The summed E-state index contributed by atoms with van der Waals surface area (Å²) in [5.41, 5.74) is 0.0882. The third-order valence-electron chi connectivity index (χ3n) is 2.84. The number of phenols is 2. The standard InChI is InChI=1S/C12H14ClNO4/c13-6-8-7-14(4-5-18-8)12(17)9-2-1-3-10(15)11(9)16/h1-3,8,15-16H,4-7H2. The molecule has 1 unspecified atom stereocenters. The Hall–Kier alpha value is -1.46. The van der Waals surface area contributed by atoms with Gasteiger partial charge >= 0.3 is 0 Å². The Balaban J connectivity index is 2.18. The van der Waals surface area contributed by atoms with E-state index >= 15 is 0 Å². The normalized spacial score (nSPS) is 19.8. The number of hydrogen-bond acceptors (Lipinski definition) is 4. The summed E-state index contributed by atoms with van der Waals surface area (Å²) in [4.78, 5) is 13.8. The van der Waals surface area contributed by atoms with Crippen molar-refractivity contribution in [3.63, 3.8) is 0 Å². The number of benzene rings is 1. The van der Waals surface area contributed by atoms with Gasteiger partial charge in [-0.1, -0.05) is 6.07 Å². The van der Waals surface area contributed by atoms with E-state index in [-0.39, 0.29) is 23.3 Å². The topological polar surface area (TPSA) is 70.0 Å². The maximum atomic E-state index is 12.2. The number of nitrogens with zero attached hydrogens (tertiary/aromatic N) is 1. The van der Waals surface area contributed by atoms with Crippen LogP contribution in [0.1, 0.15) is 10.4 Å². The Morgan fingerprint density at radius 1 is 1.50 bits per heavy atom. The Bertz CT molecular complexity index is 452. The fourth-order valence-electron chi connectivity index (χ4n) is 1.87. The van der Waals surface area contributed by atoms with Gasteiger partial charge in [0.2, 0.25) is 0 Å². The molecule has 2 N–H and O–H groups in total. The predicted molar refractivity (Wildman–Crippen MR) is 66.1 cm³/mol. The molecule has 1 saturated heterocycles. The van der Waals surface area contributed by atoms with E-state index in [1.54, 1.807) is 4.90 Å². The van der Waals surface area contributed by atoms with E-state index in [9.17, 15) is 15.0 Å². The molecular formula is C12H14ClNO4. The van der Waals surface area contributed by atoms with Gasteiger partial charge in [-0.15, -0.1) is 11.6 Å². The average molecular weight is 272 g/mol. The lowest BCUT2D eigenvalue weighted by Crippen LogP contribution is -2.46. The van der Waals surface area contributed by atoms with Gasteiger partial charge in [-0.2, -0.15) is 0 Å². The van der Waals surface area contributed by atoms with Crippen molar-refractivity contribution < 1.29 is 19.7 Å². The van der Waals surface area contributed by atoms with Crippen molar-refractivity contribution in [2.75, 3.05) is 25.6 Å². The number of halogens is 1. The number of hydrogen-bond donors (Lipinski definition) is 2. The summed E-state index contributed by atoms with van der Waals surface area (Å²) in [5.74, 6) is -0.711. The number of rotatable bonds is 2. The Labute approximate surface area is 110 Å². The molecule has 98 valence electrons. The van der Waals surface area contributed by atoms with Crippen LogP contribution in [0, 0.1) is 0 Å². The molecule has 1 atom stereocenters. The van der Waals surface area contributed by atoms with Crippen LogP contribution in [0.3, 0.4) is 0 Å². The molecule has 0 bridgehead atoms. The molecule has 1 aromatic rings. The van der Waals surface area contributed by atoms with Gasteiger partial charge in [-0.25, -0.2) is 0 Å². The predicted octanol–water partition coefficient (Wildman–Crippen LogP) is 1.18. The second-order valence-corrected chi connectivity index (χ2v) is 4.38. The second-order valence-electron chi connectivity index (χ2n) is 4.07. The maximum absolute atomic E-state index is 12.2. The lowest BCUT2D eigenvalue weighted by molar-refractivity contribution is -0.0109. The second kappa shape index (κ2) is 5.46. The SMILES string of the molecule is O=C(c1cccc(O)c1O)N1CCOC(CCl)C1. The van der Waals surface area contributed by atoms with Gasteiger partial charge in [-0.3, -0.25) is 4.79 Å². The molecule has 0 spiro atoms. The van der Waals surface area contributed by atoms with Crippen LogP contribution < -0.4 is 0 Å². The highest BCUT2D eigenvalue weighted by Gasteiger charge is 2.26. The summed E-state index contributed by atoms with van der Waals surface area (Å²) in [6, 6.07) is 4.32. The average Bonchev–Trinajstić information content (AvgIpc) is 2.41. The first-order valence-electron chi connectivity index (χ1n) is 5.61. The molecule has 1 heterocycles. The number of alkyl halides is 1. The lowest BCUT2D eigenvalue weighted by Gasteiger charge is -2.32. The summed E-state index contributed by atoms with van der Waals surface area (Å²) in [5, 5.41) is 19.0. The van der Waals surface area contributed by atoms with Gasteiger partial charge in [0.25, 0.3) is 5.91 Å². The van der Waals surface area contributed by atoms with Gasteiger partial charge in [0.15, 0.2) is 11.5 Å². The summed E-state index contributed by atoms with van der Waals surface area (Å²) < 4.78 is 5.36. The van der Waals surface area contributed by atoms with Crippen molar-refractivity contribution in [2.45, 2.75) is 6.10 Å². The van der Waals surface area contributed by atoms with Crippen LogP contribution in [0.2, 0.25) is 0 Å². The molecule has 1 fully saturated rings. The van der Waals surface area contributed by atoms with E-state index in [0.29, 0.717) is 25.6 Å². The van der Waals surface area contributed by atoms with E-state index in [2.05, 4.69) is 0 Å². The number of carbonyl (C=O) groups excluding carboxylic acids is 1. The lowest BCUT2D eigenvalue weighted by atomic mass is 10.1. The Morgan fingerprint density at radius 2 is 2.28 bits per heavy atom. The smallest absolute Gasteiger partial charge is 0.257 e. The van der Waals surface area contributed by atoms with Crippen LogP contribution in [-0.4, -0.2) is 52.7 Å². The molecule has 6 heteroatoms. The van der Waals surface area contributed by atoms with Crippen LogP contribution in [0.15, 0.2) is 18.2 Å². The summed E-state index contributed by atoms with van der Waals surface area (Å²) in [6.45, 7) is 1.25. The number of phenolic OH excluding ortho intramolecular Hbond substituents is 2. The monoisotopic (exact) mass is 271 g/mol. The molecule has 0 aliphatic carbocycles. The minimum Gasteiger partial charge on any atom is -0.504 e. The molecule has 1 aliphatic heterocycles. The minimum atomic E-state index is -0.392. The van der Waals surface area contributed by atoms with Crippen molar-refractivity contribution in [1.29, 1.82) is 0 Å².